The van der Waals surface area contributed by atoms with Gasteiger partial charge in [0, 0.05) is 19.6 Å². The Balaban J connectivity index is 1.18. The molecule has 0 aromatic heterocycles. The Morgan fingerprint density at radius 1 is 0.613 bits per heavy atom. The van der Waals surface area contributed by atoms with E-state index in [1.807, 2.05) is 18.2 Å². The molecule has 3 nitrogen and oxygen atoms in total. The van der Waals surface area contributed by atoms with Crippen molar-refractivity contribution in [2.24, 2.45) is 0 Å². The summed E-state index contributed by atoms with van der Waals surface area (Å²) in [5.74, 6) is 0.938. The van der Waals surface area contributed by atoms with Crippen molar-refractivity contribution in [2.45, 2.75) is 32.4 Å². The van der Waals surface area contributed by atoms with Crippen LogP contribution < -0.4 is 4.74 Å². The van der Waals surface area contributed by atoms with Gasteiger partial charge in [-0.1, -0.05) is 72.8 Å². The summed E-state index contributed by atoms with van der Waals surface area (Å²) in [5.41, 5.74) is 4.02. The van der Waals surface area contributed by atoms with Gasteiger partial charge in [0.15, 0.2) is 0 Å². The van der Waals surface area contributed by atoms with Gasteiger partial charge in [0.1, 0.15) is 12.4 Å². The topological polar surface area (TPSA) is 15.7 Å². The molecule has 1 aliphatic heterocycles. The molecule has 1 aliphatic rings. The minimum absolute atomic E-state index is 0.617. The molecule has 0 unspecified atom stereocenters. The molecule has 162 valence electrons. The molecule has 0 atom stereocenters. The lowest BCUT2D eigenvalue weighted by molar-refractivity contribution is 0.250. The lowest BCUT2D eigenvalue weighted by Crippen LogP contribution is -2.31. The Labute approximate surface area is 187 Å². The molecule has 3 aromatic carbocycles. The summed E-state index contributed by atoms with van der Waals surface area (Å²) >= 11 is 0. The molecule has 1 saturated heterocycles. The van der Waals surface area contributed by atoms with Crippen molar-refractivity contribution in [3.8, 4) is 5.75 Å². The van der Waals surface area contributed by atoms with Crippen molar-refractivity contribution in [1.29, 1.82) is 0 Å². The summed E-state index contributed by atoms with van der Waals surface area (Å²) in [5, 5.41) is 0. The number of ether oxygens (including phenoxy) is 1. The van der Waals surface area contributed by atoms with Crippen LogP contribution >= 0.6 is 0 Å². The molecule has 0 aliphatic carbocycles. The first-order chi connectivity index (χ1) is 15.3. The number of rotatable bonds is 9. The Kier molecular flexibility index (Phi) is 8.14. The number of aryl methyl sites for hydroxylation is 1. The number of hydrogen-bond acceptors (Lipinski definition) is 3. The second-order valence-corrected chi connectivity index (χ2v) is 8.48. The normalized spacial score (nSPS) is 15.5. The molecule has 0 amide bonds. The summed E-state index contributed by atoms with van der Waals surface area (Å²) in [4.78, 5) is 5.24. The summed E-state index contributed by atoms with van der Waals surface area (Å²) in [6.45, 7) is 7.57. The van der Waals surface area contributed by atoms with E-state index >= 15 is 0 Å². The third-order valence-electron chi connectivity index (χ3n) is 6.04. The van der Waals surface area contributed by atoms with Crippen LogP contribution in [0.1, 0.15) is 29.5 Å². The summed E-state index contributed by atoms with van der Waals surface area (Å²) in [7, 11) is 0. The van der Waals surface area contributed by atoms with E-state index in [0.29, 0.717) is 6.61 Å². The van der Waals surface area contributed by atoms with Gasteiger partial charge in [0.05, 0.1) is 0 Å². The van der Waals surface area contributed by atoms with Crippen LogP contribution in [0, 0.1) is 0 Å². The molecule has 0 N–H and O–H groups in total. The molecular formula is C28H34N2O. The molecule has 3 aromatic rings. The van der Waals surface area contributed by atoms with E-state index in [0.717, 1.165) is 18.8 Å². The summed E-state index contributed by atoms with van der Waals surface area (Å²) in [6.07, 6.45) is 3.68. The number of nitrogens with zero attached hydrogens (tertiary/aromatic N) is 2. The Morgan fingerprint density at radius 3 is 2.00 bits per heavy atom. The van der Waals surface area contributed by atoms with Crippen LogP contribution in [0.5, 0.6) is 5.75 Å². The quantitative estimate of drug-likeness (QED) is 0.466. The van der Waals surface area contributed by atoms with Crippen LogP contribution in [0.3, 0.4) is 0 Å². The van der Waals surface area contributed by atoms with Crippen molar-refractivity contribution in [1.82, 2.24) is 9.80 Å². The molecule has 4 rings (SSSR count). The van der Waals surface area contributed by atoms with Crippen molar-refractivity contribution in [3.63, 3.8) is 0 Å². The largest absolute Gasteiger partial charge is 0.489 e. The van der Waals surface area contributed by atoms with Gasteiger partial charge in [-0.3, -0.25) is 4.90 Å². The van der Waals surface area contributed by atoms with E-state index in [1.54, 1.807) is 0 Å². The summed E-state index contributed by atoms with van der Waals surface area (Å²) in [6, 6.07) is 29.8. The predicted molar refractivity (Wildman–Crippen MR) is 128 cm³/mol. The van der Waals surface area contributed by atoms with E-state index in [9.17, 15) is 0 Å². The molecule has 0 radical (unpaired) electrons. The highest BCUT2D eigenvalue weighted by Crippen LogP contribution is 2.16. The molecular weight excluding hydrogens is 380 g/mol. The van der Waals surface area contributed by atoms with E-state index in [1.165, 1.54) is 62.1 Å². The minimum Gasteiger partial charge on any atom is -0.489 e. The van der Waals surface area contributed by atoms with Crippen molar-refractivity contribution in [2.75, 3.05) is 32.7 Å². The van der Waals surface area contributed by atoms with E-state index in [4.69, 9.17) is 4.74 Å². The molecule has 3 heteroatoms. The van der Waals surface area contributed by atoms with Crippen LogP contribution in [-0.4, -0.2) is 42.5 Å². The van der Waals surface area contributed by atoms with Gasteiger partial charge in [-0.25, -0.2) is 0 Å². The van der Waals surface area contributed by atoms with Crippen LogP contribution in [-0.2, 0) is 19.6 Å². The van der Waals surface area contributed by atoms with Crippen LogP contribution in [0.15, 0.2) is 84.9 Å². The third-order valence-corrected chi connectivity index (χ3v) is 6.04. The molecule has 31 heavy (non-hydrogen) atoms. The standard InChI is InChI=1S/C28H34N2O/c1-3-9-25(10-4-1)13-7-18-29-19-8-20-30(22-21-29)23-26-14-16-28(17-15-26)31-24-27-11-5-2-6-12-27/h1-6,9-12,14-17H,7-8,13,18-24H2. The molecule has 0 saturated carbocycles. The van der Waals surface area contributed by atoms with Crippen LogP contribution in [0.2, 0.25) is 0 Å². The van der Waals surface area contributed by atoms with Crippen molar-refractivity contribution >= 4 is 0 Å². The zero-order valence-corrected chi connectivity index (χ0v) is 18.5. The van der Waals surface area contributed by atoms with Crippen LogP contribution in [0.4, 0.5) is 0 Å². The highest BCUT2D eigenvalue weighted by Gasteiger charge is 2.14. The number of hydrogen-bond donors (Lipinski definition) is 0. The highest BCUT2D eigenvalue weighted by molar-refractivity contribution is 5.28. The van der Waals surface area contributed by atoms with E-state index in [2.05, 4.69) is 76.5 Å². The maximum atomic E-state index is 5.92. The first kappa shape index (κ1) is 21.6. The highest BCUT2D eigenvalue weighted by atomic mass is 16.5. The molecule has 1 fully saturated rings. The molecule has 1 heterocycles. The lowest BCUT2D eigenvalue weighted by atomic mass is 10.1. The lowest BCUT2D eigenvalue weighted by Gasteiger charge is -2.22. The van der Waals surface area contributed by atoms with Gasteiger partial charge < -0.3 is 9.64 Å². The SMILES string of the molecule is c1ccc(CCCN2CCCN(Cc3ccc(OCc4ccccc4)cc3)CC2)cc1. The second kappa shape index (κ2) is 11.7. The zero-order chi connectivity index (χ0) is 21.1. The van der Waals surface area contributed by atoms with Gasteiger partial charge >= 0.3 is 0 Å². The fourth-order valence-electron chi connectivity index (χ4n) is 4.25. The van der Waals surface area contributed by atoms with Crippen molar-refractivity contribution in [3.05, 3.63) is 102 Å². The molecule has 0 spiro atoms. The average molecular weight is 415 g/mol. The number of benzene rings is 3. The smallest absolute Gasteiger partial charge is 0.119 e. The average Bonchev–Trinajstić information content (AvgIpc) is 3.05. The van der Waals surface area contributed by atoms with E-state index in [-0.39, 0.29) is 0 Å². The van der Waals surface area contributed by atoms with Gasteiger partial charge in [-0.05, 0) is 67.7 Å². The van der Waals surface area contributed by atoms with Gasteiger partial charge in [0.2, 0.25) is 0 Å². The van der Waals surface area contributed by atoms with Gasteiger partial charge in [0.25, 0.3) is 0 Å². The van der Waals surface area contributed by atoms with Crippen molar-refractivity contribution < 1.29 is 4.74 Å². The van der Waals surface area contributed by atoms with Gasteiger partial charge in [-0.2, -0.15) is 0 Å². The Morgan fingerprint density at radius 2 is 1.26 bits per heavy atom. The maximum Gasteiger partial charge on any atom is 0.119 e. The predicted octanol–water partition coefficient (Wildman–Crippen LogP) is 5.41. The minimum atomic E-state index is 0.617. The summed E-state index contributed by atoms with van der Waals surface area (Å²) < 4.78 is 5.92. The molecule has 0 bridgehead atoms. The maximum absolute atomic E-state index is 5.92. The first-order valence-corrected chi connectivity index (χ1v) is 11.6. The first-order valence-electron chi connectivity index (χ1n) is 11.6. The second-order valence-electron chi connectivity index (χ2n) is 8.48. The van der Waals surface area contributed by atoms with E-state index < -0.39 is 0 Å². The monoisotopic (exact) mass is 414 g/mol. The fraction of sp³-hybridized carbons (Fsp3) is 0.357. The van der Waals surface area contributed by atoms with Crippen LogP contribution in [0.25, 0.3) is 0 Å². The third kappa shape index (κ3) is 7.23. The zero-order valence-electron chi connectivity index (χ0n) is 18.5. The fourth-order valence-corrected chi connectivity index (χ4v) is 4.25. The van der Waals surface area contributed by atoms with Gasteiger partial charge in [-0.15, -0.1) is 0 Å². The Bertz CT molecular complexity index is 880. The Hall–Kier alpha value is -2.62.